The maximum Gasteiger partial charge on any atom is 0.238 e. The lowest BCUT2D eigenvalue weighted by Crippen LogP contribution is -2.36. The molecule has 0 aromatic heterocycles. The fourth-order valence-electron chi connectivity index (χ4n) is 2.28. The highest BCUT2D eigenvalue weighted by Gasteiger charge is 2.30. The van der Waals surface area contributed by atoms with Crippen LogP contribution in [0.4, 0.5) is 15.8 Å². The number of halogens is 1. The second kappa shape index (κ2) is 6.89. The van der Waals surface area contributed by atoms with Crippen LogP contribution >= 0.6 is 0 Å². The van der Waals surface area contributed by atoms with Crippen LogP contribution in [0.1, 0.15) is 33.1 Å². The topological polar surface area (TPSA) is 58.4 Å². The molecule has 1 amide bonds. The van der Waals surface area contributed by atoms with Crippen molar-refractivity contribution in [1.29, 1.82) is 0 Å². The minimum Gasteiger partial charge on any atom is -0.397 e. The minimum atomic E-state index is -0.401. The highest BCUT2D eigenvalue weighted by molar-refractivity contribution is 5.95. The Hall–Kier alpha value is -1.62. The molecule has 0 radical (unpaired) electrons. The van der Waals surface area contributed by atoms with E-state index in [1.54, 1.807) is 0 Å². The van der Waals surface area contributed by atoms with Gasteiger partial charge in [-0.25, -0.2) is 4.39 Å². The van der Waals surface area contributed by atoms with Crippen LogP contribution in [0.5, 0.6) is 0 Å². The lowest BCUT2D eigenvalue weighted by Gasteiger charge is -2.22. The van der Waals surface area contributed by atoms with Crippen LogP contribution in [0.3, 0.4) is 0 Å². The third kappa shape index (κ3) is 5.01. The first-order valence-corrected chi connectivity index (χ1v) is 7.54. The number of nitrogen functional groups attached to an aromatic ring is 1. The van der Waals surface area contributed by atoms with Crippen molar-refractivity contribution in [2.24, 2.45) is 5.92 Å². The number of nitrogens with zero attached hydrogens (tertiary/aromatic N) is 1. The van der Waals surface area contributed by atoms with Gasteiger partial charge in [-0.3, -0.25) is 9.69 Å². The zero-order valence-electron chi connectivity index (χ0n) is 12.7. The molecule has 0 bridgehead atoms. The van der Waals surface area contributed by atoms with Crippen LogP contribution in [-0.2, 0) is 4.79 Å². The molecule has 0 heterocycles. The molecule has 21 heavy (non-hydrogen) atoms. The summed E-state index contributed by atoms with van der Waals surface area (Å²) >= 11 is 0. The number of amides is 1. The number of nitrogens with two attached hydrogens (primary N) is 1. The van der Waals surface area contributed by atoms with Crippen molar-refractivity contribution >= 4 is 17.3 Å². The number of anilines is 2. The van der Waals surface area contributed by atoms with Gasteiger partial charge in [0.25, 0.3) is 0 Å². The highest BCUT2D eigenvalue weighted by Crippen LogP contribution is 2.27. The predicted molar refractivity (Wildman–Crippen MR) is 83.5 cm³/mol. The van der Waals surface area contributed by atoms with E-state index in [1.807, 2.05) is 0 Å². The number of benzene rings is 1. The number of nitrogens with one attached hydrogen (secondary N) is 1. The number of rotatable bonds is 7. The summed E-state index contributed by atoms with van der Waals surface area (Å²) in [4.78, 5) is 14.4. The van der Waals surface area contributed by atoms with Crippen molar-refractivity contribution in [3.8, 4) is 0 Å². The van der Waals surface area contributed by atoms with Crippen molar-refractivity contribution in [3.05, 3.63) is 24.0 Å². The second-order valence-corrected chi connectivity index (χ2v) is 6.16. The van der Waals surface area contributed by atoms with Gasteiger partial charge in [-0.15, -0.1) is 0 Å². The SMILES string of the molecule is CC(C)CCN(CC(=O)Nc1ccc(F)cc1N)C1CC1. The largest absolute Gasteiger partial charge is 0.397 e. The Bertz CT molecular complexity index is 500. The lowest BCUT2D eigenvalue weighted by molar-refractivity contribution is -0.117. The average molecular weight is 293 g/mol. The monoisotopic (exact) mass is 293 g/mol. The number of hydrogen-bond acceptors (Lipinski definition) is 3. The van der Waals surface area contributed by atoms with E-state index in [1.165, 1.54) is 31.0 Å². The lowest BCUT2D eigenvalue weighted by atomic mass is 10.1. The number of carbonyl (C=O) groups excluding carboxylic acids is 1. The van der Waals surface area contributed by atoms with Gasteiger partial charge < -0.3 is 11.1 Å². The van der Waals surface area contributed by atoms with Gasteiger partial charge >= 0.3 is 0 Å². The smallest absolute Gasteiger partial charge is 0.238 e. The van der Waals surface area contributed by atoms with Gasteiger partial charge in [-0.05, 0) is 49.9 Å². The van der Waals surface area contributed by atoms with E-state index in [2.05, 4.69) is 24.1 Å². The predicted octanol–water partition coefficient (Wildman–Crippen LogP) is 2.86. The Morgan fingerprint density at radius 2 is 2.19 bits per heavy atom. The Morgan fingerprint density at radius 1 is 1.48 bits per heavy atom. The quantitative estimate of drug-likeness (QED) is 0.760. The minimum absolute atomic E-state index is 0.0936. The molecule has 4 nitrogen and oxygen atoms in total. The molecule has 0 aliphatic heterocycles. The molecule has 1 aromatic carbocycles. The number of hydrogen-bond donors (Lipinski definition) is 2. The van der Waals surface area contributed by atoms with E-state index >= 15 is 0 Å². The summed E-state index contributed by atoms with van der Waals surface area (Å²) < 4.78 is 13.0. The Labute approximate surface area is 125 Å². The molecule has 1 aromatic rings. The summed E-state index contributed by atoms with van der Waals surface area (Å²) in [5.41, 5.74) is 6.43. The molecule has 1 aliphatic carbocycles. The Kier molecular flexibility index (Phi) is 5.17. The molecule has 5 heteroatoms. The maximum absolute atomic E-state index is 13.0. The van der Waals surface area contributed by atoms with Crippen molar-refractivity contribution in [3.63, 3.8) is 0 Å². The van der Waals surface area contributed by atoms with Crippen LogP contribution in [0.25, 0.3) is 0 Å². The van der Waals surface area contributed by atoms with Crippen molar-refractivity contribution in [2.75, 3.05) is 24.1 Å². The normalized spacial score (nSPS) is 14.7. The zero-order chi connectivity index (χ0) is 15.4. The third-order valence-corrected chi connectivity index (χ3v) is 3.69. The van der Waals surface area contributed by atoms with Crippen LogP contribution in [-0.4, -0.2) is 29.9 Å². The average Bonchev–Trinajstić information content (AvgIpc) is 3.22. The highest BCUT2D eigenvalue weighted by atomic mass is 19.1. The molecule has 1 saturated carbocycles. The fraction of sp³-hybridized carbons (Fsp3) is 0.562. The van der Waals surface area contributed by atoms with Crippen LogP contribution < -0.4 is 11.1 Å². The Balaban J connectivity index is 1.89. The van der Waals surface area contributed by atoms with E-state index in [0.717, 1.165) is 13.0 Å². The van der Waals surface area contributed by atoms with Gasteiger partial charge in [-0.2, -0.15) is 0 Å². The van der Waals surface area contributed by atoms with E-state index < -0.39 is 5.82 Å². The van der Waals surface area contributed by atoms with E-state index in [4.69, 9.17) is 5.73 Å². The molecular weight excluding hydrogens is 269 g/mol. The molecule has 0 spiro atoms. The van der Waals surface area contributed by atoms with Crippen molar-refractivity contribution in [1.82, 2.24) is 4.90 Å². The van der Waals surface area contributed by atoms with Crippen molar-refractivity contribution < 1.29 is 9.18 Å². The van der Waals surface area contributed by atoms with Gasteiger partial charge in [0.2, 0.25) is 5.91 Å². The summed E-state index contributed by atoms with van der Waals surface area (Å²) in [7, 11) is 0. The zero-order valence-corrected chi connectivity index (χ0v) is 12.7. The molecule has 3 N–H and O–H groups in total. The van der Waals surface area contributed by atoms with Crippen LogP contribution in [0.2, 0.25) is 0 Å². The first-order valence-electron chi connectivity index (χ1n) is 7.54. The summed E-state index contributed by atoms with van der Waals surface area (Å²) in [5, 5.41) is 2.77. The molecule has 0 unspecified atom stereocenters. The molecular formula is C16H24FN3O. The third-order valence-electron chi connectivity index (χ3n) is 3.69. The summed E-state index contributed by atoms with van der Waals surface area (Å²) in [5.74, 6) is 0.132. The molecule has 2 rings (SSSR count). The standard InChI is InChI=1S/C16H24FN3O/c1-11(2)7-8-20(13-4-5-13)10-16(21)19-15-6-3-12(17)9-14(15)18/h3,6,9,11,13H,4-5,7-8,10,18H2,1-2H3,(H,19,21). The van der Waals surface area contributed by atoms with Gasteiger partial charge in [0.05, 0.1) is 17.9 Å². The summed E-state index contributed by atoms with van der Waals surface area (Å²) in [6.45, 7) is 5.68. The molecule has 0 saturated heterocycles. The Morgan fingerprint density at radius 3 is 2.76 bits per heavy atom. The molecule has 0 atom stereocenters. The molecule has 116 valence electrons. The van der Waals surface area contributed by atoms with Gasteiger partial charge in [0, 0.05) is 6.04 Å². The van der Waals surface area contributed by atoms with Crippen LogP contribution in [0, 0.1) is 11.7 Å². The van der Waals surface area contributed by atoms with Gasteiger partial charge in [0.15, 0.2) is 0 Å². The summed E-state index contributed by atoms with van der Waals surface area (Å²) in [6, 6.07) is 4.55. The van der Waals surface area contributed by atoms with Crippen LogP contribution in [0.15, 0.2) is 18.2 Å². The van der Waals surface area contributed by atoms with Gasteiger partial charge in [0.1, 0.15) is 5.82 Å². The molecule has 1 aliphatic rings. The molecule has 1 fully saturated rings. The fourth-order valence-corrected chi connectivity index (χ4v) is 2.28. The van der Waals surface area contributed by atoms with E-state index in [9.17, 15) is 9.18 Å². The first kappa shape index (κ1) is 15.8. The number of carbonyl (C=O) groups is 1. The van der Waals surface area contributed by atoms with Crippen molar-refractivity contribution in [2.45, 2.75) is 39.2 Å². The van der Waals surface area contributed by atoms with Gasteiger partial charge in [-0.1, -0.05) is 13.8 Å². The second-order valence-electron chi connectivity index (χ2n) is 6.16. The maximum atomic E-state index is 13.0. The van der Waals surface area contributed by atoms with E-state index in [-0.39, 0.29) is 11.6 Å². The first-order chi connectivity index (χ1) is 9.95. The van der Waals surface area contributed by atoms with E-state index in [0.29, 0.717) is 24.2 Å². The summed E-state index contributed by atoms with van der Waals surface area (Å²) in [6.07, 6.45) is 3.43.